The van der Waals surface area contributed by atoms with Gasteiger partial charge in [0.05, 0.1) is 6.61 Å². The molecule has 0 fully saturated rings. The molecule has 3 nitrogen and oxygen atoms in total. The van der Waals surface area contributed by atoms with Gasteiger partial charge in [-0.15, -0.1) is 0 Å². The summed E-state index contributed by atoms with van der Waals surface area (Å²) < 4.78 is 12.9. The van der Waals surface area contributed by atoms with Crippen molar-refractivity contribution in [1.82, 2.24) is 4.90 Å². The minimum Gasteiger partial charge on any atom is -0.392 e. The second-order valence-electron chi connectivity index (χ2n) is 4.92. The van der Waals surface area contributed by atoms with Gasteiger partial charge in [-0.1, -0.05) is 24.3 Å². The van der Waals surface area contributed by atoms with Crippen LogP contribution in [0.3, 0.4) is 0 Å². The minimum atomic E-state index is -1.16. The van der Waals surface area contributed by atoms with Crippen LogP contribution in [-0.4, -0.2) is 42.4 Å². The van der Waals surface area contributed by atoms with E-state index in [1.165, 1.54) is 18.2 Å². The Morgan fingerprint density at radius 1 is 1.26 bits per heavy atom. The number of benzene rings is 1. The van der Waals surface area contributed by atoms with E-state index in [4.69, 9.17) is 5.11 Å². The quantitative estimate of drug-likeness (QED) is 0.742. The molecule has 1 aromatic rings. The zero-order chi connectivity index (χ0) is 14.3. The first-order valence-electron chi connectivity index (χ1n) is 6.39. The number of aliphatic hydroxyl groups excluding tert-OH is 1. The molecule has 0 amide bonds. The van der Waals surface area contributed by atoms with Gasteiger partial charge in [-0.2, -0.15) is 0 Å². The Hall–Kier alpha value is -1.23. The maximum absolute atomic E-state index is 12.9. The lowest BCUT2D eigenvalue weighted by Gasteiger charge is -2.26. The van der Waals surface area contributed by atoms with Crippen molar-refractivity contribution in [1.29, 1.82) is 0 Å². The van der Waals surface area contributed by atoms with Crippen molar-refractivity contribution < 1.29 is 14.6 Å². The van der Waals surface area contributed by atoms with Crippen LogP contribution >= 0.6 is 0 Å². The molecule has 0 spiro atoms. The van der Waals surface area contributed by atoms with E-state index < -0.39 is 5.60 Å². The van der Waals surface area contributed by atoms with E-state index in [1.807, 2.05) is 19.0 Å². The first kappa shape index (κ1) is 15.8. The zero-order valence-electron chi connectivity index (χ0n) is 11.5. The molecule has 1 atom stereocenters. The Balaban J connectivity index is 2.85. The van der Waals surface area contributed by atoms with E-state index in [0.29, 0.717) is 12.0 Å². The molecule has 2 N–H and O–H groups in total. The minimum absolute atomic E-state index is 0.128. The van der Waals surface area contributed by atoms with Crippen molar-refractivity contribution in [2.45, 2.75) is 18.4 Å². The topological polar surface area (TPSA) is 43.7 Å². The molecule has 19 heavy (non-hydrogen) atoms. The standard InChI is InChI=1S/C15H22FNO2/c1-17(2)11-3-9-15(19,10-4-12-18)13-5-7-14(16)8-6-13/h4-8,10,18-19H,3,9,11-12H2,1-2H3/b10-4+. The summed E-state index contributed by atoms with van der Waals surface area (Å²) in [7, 11) is 3.95. The van der Waals surface area contributed by atoms with Gasteiger partial charge < -0.3 is 15.1 Å². The number of nitrogens with zero attached hydrogens (tertiary/aromatic N) is 1. The number of halogens is 1. The van der Waals surface area contributed by atoms with Crippen LogP contribution in [0.4, 0.5) is 4.39 Å². The van der Waals surface area contributed by atoms with E-state index in [-0.39, 0.29) is 12.4 Å². The first-order valence-corrected chi connectivity index (χ1v) is 6.39. The lowest BCUT2D eigenvalue weighted by atomic mass is 9.88. The maximum atomic E-state index is 12.9. The highest BCUT2D eigenvalue weighted by Gasteiger charge is 2.25. The second kappa shape index (κ2) is 7.38. The van der Waals surface area contributed by atoms with Crippen LogP contribution in [0.2, 0.25) is 0 Å². The van der Waals surface area contributed by atoms with Crippen LogP contribution in [0.15, 0.2) is 36.4 Å². The Bertz CT molecular complexity index is 403. The van der Waals surface area contributed by atoms with E-state index in [2.05, 4.69) is 0 Å². The van der Waals surface area contributed by atoms with Gasteiger partial charge in [0.2, 0.25) is 0 Å². The molecule has 0 saturated heterocycles. The van der Waals surface area contributed by atoms with Gasteiger partial charge in [0, 0.05) is 0 Å². The highest BCUT2D eigenvalue weighted by Crippen LogP contribution is 2.28. The summed E-state index contributed by atoms with van der Waals surface area (Å²) in [6, 6.07) is 5.82. The number of hydrogen-bond donors (Lipinski definition) is 2. The Labute approximate surface area is 114 Å². The summed E-state index contributed by atoms with van der Waals surface area (Å²) in [6.07, 6.45) is 4.42. The molecule has 1 rings (SSSR count). The van der Waals surface area contributed by atoms with Crippen molar-refractivity contribution in [2.75, 3.05) is 27.2 Å². The average Bonchev–Trinajstić information content (AvgIpc) is 2.36. The molecule has 0 aliphatic heterocycles. The van der Waals surface area contributed by atoms with Gasteiger partial charge in [0.15, 0.2) is 0 Å². The molecule has 1 unspecified atom stereocenters. The van der Waals surface area contributed by atoms with Gasteiger partial charge in [0.1, 0.15) is 11.4 Å². The lowest BCUT2D eigenvalue weighted by molar-refractivity contribution is 0.0740. The highest BCUT2D eigenvalue weighted by molar-refractivity contribution is 5.27. The van der Waals surface area contributed by atoms with Gasteiger partial charge in [0.25, 0.3) is 0 Å². The first-order chi connectivity index (χ1) is 8.98. The summed E-state index contributed by atoms with van der Waals surface area (Å²) >= 11 is 0. The fraction of sp³-hybridized carbons (Fsp3) is 0.467. The molecule has 4 heteroatoms. The monoisotopic (exact) mass is 267 g/mol. The van der Waals surface area contributed by atoms with Crippen molar-refractivity contribution in [3.05, 3.63) is 47.8 Å². The predicted octanol–water partition coefficient (Wildman–Crippen LogP) is 1.90. The molecule has 0 aromatic heterocycles. The van der Waals surface area contributed by atoms with Crippen LogP contribution < -0.4 is 0 Å². The predicted molar refractivity (Wildman–Crippen MR) is 74.3 cm³/mol. The smallest absolute Gasteiger partial charge is 0.123 e. The third-order valence-corrected chi connectivity index (χ3v) is 3.01. The van der Waals surface area contributed by atoms with Crippen LogP contribution in [0.1, 0.15) is 18.4 Å². The van der Waals surface area contributed by atoms with Gasteiger partial charge >= 0.3 is 0 Å². The van der Waals surface area contributed by atoms with Crippen molar-refractivity contribution >= 4 is 0 Å². The molecule has 0 radical (unpaired) electrons. The summed E-state index contributed by atoms with van der Waals surface area (Å²) in [5.74, 6) is -0.328. The van der Waals surface area contributed by atoms with Crippen molar-refractivity contribution in [3.63, 3.8) is 0 Å². The molecular formula is C15H22FNO2. The third kappa shape index (κ3) is 5.11. The van der Waals surface area contributed by atoms with Crippen LogP contribution in [0.5, 0.6) is 0 Å². The van der Waals surface area contributed by atoms with E-state index in [0.717, 1.165) is 13.0 Å². The molecule has 0 saturated carbocycles. The fourth-order valence-corrected chi connectivity index (χ4v) is 1.97. The third-order valence-electron chi connectivity index (χ3n) is 3.01. The summed E-state index contributed by atoms with van der Waals surface area (Å²) in [4.78, 5) is 2.04. The average molecular weight is 267 g/mol. The Morgan fingerprint density at radius 2 is 1.89 bits per heavy atom. The molecule has 0 bridgehead atoms. The van der Waals surface area contributed by atoms with E-state index in [1.54, 1.807) is 18.2 Å². The lowest BCUT2D eigenvalue weighted by Crippen LogP contribution is -2.25. The molecule has 1 aromatic carbocycles. The van der Waals surface area contributed by atoms with Gasteiger partial charge in [-0.3, -0.25) is 0 Å². The number of aliphatic hydroxyl groups is 2. The zero-order valence-corrected chi connectivity index (χ0v) is 11.5. The van der Waals surface area contributed by atoms with Crippen molar-refractivity contribution in [3.8, 4) is 0 Å². The summed E-state index contributed by atoms with van der Waals surface area (Å²) in [5, 5.41) is 19.5. The normalized spacial score (nSPS) is 15.1. The number of hydrogen-bond acceptors (Lipinski definition) is 3. The van der Waals surface area contributed by atoms with Crippen LogP contribution in [0.25, 0.3) is 0 Å². The van der Waals surface area contributed by atoms with Crippen LogP contribution in [0, 0.1) is 5.82 Å². The molecule has 0 heterocycles. The van der Waals surface area contributed by atoms with E-state index >= 15 is 0 Å². The second-order valence-corrected chi connectivity index (χ2v) is 4.92. The molecule has 0 aliphatic rings. The maximum Gasteiger partial charge on any atom is 0.123 e. The summed E-state index contributed by atoms with van der Waals surface area (Å²) in [6.45, 7) is 0.730. The van der Waals surface area contributed by atoms with Gasteiger partial charge in [-0.25, -0.2) is 4.39 Å². The molecular weight excluding hydrogens is 245 g/mol. The van der Waals surface area contributed by atoms with Crippen LogP contribution in [-0.2, 0) is 5.60 Å². The van der Waals surface area contributed by atoms with Gasteiger partial charge in [-0.05, 0) is 51.2 Å². The Morgan fingerprint density at radius 3 is 2.42 bits per heavy atom. The fourth-order valence-electron chi connectivity index (χ4n) is 1.97. The highest BCUT2D eigenvalue weighted by atomic mass is 19.1. The largest absolute Gasteiger partial charge is 0.392 e. The number of rotatable bonds is 7. The summed E-state index contributed by atoms with van der Waals surface area (Å²) in [5.41, 5.74) is -0.524. The molecule has 106 valence electrons. The van der Waals surface area contributed by atoms with E-state index in [9.17, 15) is 9.50 Å². The Kier molecular flexibility index (Phi) is 6.15. The van der Waals surface area contributed by atoms with Crippen molar-refractivity contribution in [2.24, 2.45) is 0 Å². The molecule has 0 aliphatic carbocycles. The SMILES string of the molecule is CN(C)CCCC(O)(/C=C/CO)c1ccc(F)cc1.